The van der Waals surface area contributed by atoms with E-state index >= 15 is 0 Å². The zero-order chi connectivity index (χ0) is 14.5. The number of pyridine rings is 1. The summed E-state index contributed by atoms with van der Waals surface area (Å²) in [6.07, 6.45) is 1.87. The van der Waals surface area contributed by atoms with Crippen LogP contribution in [0.15, 0.2) is 36.5 Å². The van der Waals surface area contributed by atoms with Gasteiger partial charge in [0, 0.05) is 31.4 Å². The molecule has 0 spiro atoms. The van der Waals surface area contributed by atoms with Crippen molar-refractivity contribution in [2.45, 2.75) is 33.9 Å². The van der Waals surface area contributed by atoms with Gasteiger partial charge in [0.1, 0.15) is 5.82 Å². The number of aromatic nitrogens is 1. The molecule has 3 heteroatoms. The maximum Gasteiger partial charge on any atom is 0.133 e. The van der Waals surface area contributed by atoms with Crippen LogP contribution in [0.1, 0.15) is 29.2 Å². The Labute approximate surface area is 121 Å². The predicted molar refractivity (Wildman–Crippen MR) is 84.8 cm³/mol. The number of benzene rings is 1. The third-order valence-electron chi connectivity index (χ3n) is 3.78. The Morgan fingerprint density at radius 3 is 2.50 bits per heavy atom. The van der Waals surface area contributed by atoms with Crippen LogP contribution in [0, 0.1) is 13.8 Å². The van der Waals surface area contributed by atoms with Gasteiger partial charge in [0.15, 0.2) is 0 Å². The minimum atomic E-state index is 0.527. The second-order valence-corrected chi connectivity index (χ2v) is 5.07. The number of hydrogen-bond donors (Lipinski definition) is 1. The molecule has 2 N–H and O–H groups in total. The largest absolute Gasteiger partial charge is 0.352 e. The molecule has 0 aliphatic carbocycles. The zero-order valence-corrected chi connectivity index (χ0v) is 12.6. The molecule has 3 nitrogen and oxygen atoms in total. The summed E-state index contributed by atoms with van der Waals surface area (Å²) in [5.41, 5.74) is 10.9. The van der Waals surface area contributed by atoms with Crippen LogP contribution in [0.3, 0.4) is 0 Å². The van der Waals surface area contributed by atoms with Gasteiger partial charge in [0.2, 0.25) is 0 Å². The first-order valence-electron chi connectivity index (χ1n) is 7.11. The third kappa shape index (κ3) is 2.99. The number of nitrogens with zero attached hydrogens (tertiary/aromatic N) is 2. The van der Waals surface area contributed by atoms with E-state index in [-0.39, 0.29) is 0 Å². The van der Waals surface area contributed by atoms with Crippen molar-refractivity contribution in [2.24, 2.45) is 5.73 Å². The Bertz CT molecular complexity index is 578. The number of anilines is 1. The first-order valence-corrected chi connectivity index (χ1v) is 7.11. The van der Waals surface area contributed by atoms with E-state index in [0.717, 1.165) is 24.5 Å². The van der Waals surface area contributed by atoms with E-state index in [1.54, 1.807) is 0 Å². The number of aryl methyl sites for hydroxylation is 2. The number of nitrogens with two attached hydrogens (primary N) is 1. The standard InChI is InChI=1S/C17H23N3/c1-4-20(12-15-8-6-5-7-13(15)2)17-16(11-18)14(3)9-10-19-17/h5-10H,4,11-12,18H2,1-3H3. The molecule has 1 aromatic carbocycles. The van der Waals surface area contributed by atoms with E-state index < -0.39 is 0 Å². The van der Waals surface area contributed by atoms with Crippen LogP contribution in [-0.4, -0.2) is 11.5 Å². The average molecular weight is 269 g/mol. The lowest BCUT2D eigenvalue weighted by Crippen LogP contribution is -2.25. The predicted octanol–water partition coefficient (Wildman–Crippen LogP) is 3.18. The smallest absolute Gasteiger partial charge is 0.133 e. The minimum Gasteiger partial charge on any atom is -0.352 e. The molecule has 0 unspecified atom stereocenters. The minimum absolute atomic E-state index is 0.527. The lowest BCUT2D eigenvalue weighted by Gasteiger charge is -2.25. The third-order valence-corrected chi connectivity index (χ3v) is 3.78. The summed E-state index contributed by atoms with van der Waals surface area (Å²) in [5.74, 6) is 1.01. The highest BCUT2D eigenvalue weighted by Crippen LogP contribution is 2.23. The Kier molecular flexibility index (Phi) is 4.74. The summed E-state index contributed by atoms with van der Waals surface area (Å²) in [6, 6.07) is 10.5. The topological polar surface area (TPSA) is 42.2 Å². The average Bonchev–Trinajstić information content (AvgIpc) is 2.46. The molecule has 2 rings (SSSR count). The fourth-order valence-corrected chi connectivity index (χ4v) is 2.43. The lowest BCUT2D eigenvalue weighted by atomic mass is 10.1. The van der Waals surface area contributed by atoms with E-state index in [1.165, 1.54) is 16.7 Å². The molecule has 0 saturated heterocycles. The van der Waals surface area contributed by atoms with Crippen molar-refractivity contribution in [3.05, 3.63) is 58.8 Å². The summed E-state index contributed by atoms with van der Waals surface area (Å²) in [6.45, 7) is 8.71. The molecule has 0 aliphatic heterocycles. The van der Waals surface area contributed by atoms with Crippen molar-refractivity contribution in [3.8, 4) is 0 Å². The van der Waals surface area contributed by atoms with E-state index in [4.69, 9.17) is 5.73 Å². The number of hydrogen-bond acceptors (Lipinski definition) is 3. The van der Waals surface area contributed by atoms with Crippen LogP contribution in [0.25, 0.3) is 0 Å². The molecule has 0 radical (unpaired) electrons. The molecule has 1 aromatic heterocycles. The van der Waals surface area contributed by atoms with Crippen molar-refractivity contribution in [3.63, 3.8) is 0 Å². The molecule has 0 atom stereocenters. The van der Waals surface area contributed by atoms with Gasteiger partial charge in [-0.3, -0.25) is 0 Å². The van der Waals surface area contributed by atoms with Gasteiger partial charge in [-0.15, -0.1) is 0 Å². The van der Waals surface area contributed by atoms with Gasteiger partial charge >= 0.3 is 0 Å². The lowest BCUT2D eigenvalue weighted by molar-refractivity contribution is 0.795. The van der Waals surface area contributed by atoms with Crippen molar-refractivity contribution in [2.75, 3.05) is 11.4 Å². The maximum atomic E-state index is 5.90. The zero-order valence-electron chi connectivity index (χ0n) is 12.6. The van der Waals surface area contributed by atoms with Crippen molar-refractivity contribution in [1.29, 1.82) is 0 Å². The highest BCUT2D eigenvalue weighted by Gasteiger charge is 2.13. The highest BCUT2D eigenvalue weighted by molar-refractivity contribution is 5.51. The van der Waals surface area contributed by atoms with Crippen LogP contribution in [0.2, 0.25) is 0 Å². The monoisotopic (exact) mass is 269 g/mol. The first kappa shape index (κ1) is 14.5. The van der Waals surface area contributed by atoms with E-state index in [2.05, 4.69) is 54.9 Å². The van der Waals surface area contributed by atoms with E-state index in [9.17, 15) is 0 Å². The molecule has 0 amide bonds. The van der Waals surface area contributed by atoms with E-state index in [0.29, 0.717) is 6.54 Å². The van der Waals surface area contributed by atoms with Gasteiger partial charge in [-0.2, -0.15) is 0 Å². The molecule has 1 heterocycles. The van der Waals surface area contributed by atoms with Gasteiger partial charge in [0.05, 0.1) is 0 Å². The molecule has 0 bridgehead atoms. The summed E-state index contributed by atoms with van der Waals surface area (Å²) < 4.78 is 0. The summed E-state index contributed by atoms with van der Waals surface area (Å²) in [5, 5.41) is 0. The fourth-order valence-electron chi connectivity index (χ4n) is 2.43. The molecular formula is C17H23N3. The first-order chi connectivity index (χ1) is 9.67. The van der Waals surface area contributed by atoms with Gasteiger partial charge in [-0.25, -0.2) is 4.98 Å². The molecule has 2 aromatic rings. The van der Waals surface area contributed by atoms with Crippen LogP contribution in [-0.2, 0) is 13.1 Å². The summed E-state index contributed by atoms with van der Waals surface area (Å²) in [7, 11) is 0. The molecular weight excluding hydrogens is 246 g/mol. The SMILES string of the molecule is CCN(Cc1ccccc1C)c1nccc(C)c1CN. The maximum absolute atomic E-state index is 5.90. The van der Waals surface area contributed by atoms with Gasteiger partial charge in [-0.1, -0.05) is 24.3 Å². The van der Waals surface area contributed by atoms with Crippen LogP contribution in [0.4, 0.5) is 5.82 Å². The Balaban J connectivity index is 2.34. The molecule has 0 fully saturated rings. The van der Waals surface area contributed by atoms with Gasteiger partial charge in [-0.05, 0) is 43.5 Å². The van der Waals surface area contributed by atoms with E-state index in [1.807, 2.05) is 12.3 Å². The quantitative estimate of drug-likeness (QED) is 0.906. The van der Waals surface area contributed by atoms with Crippen molar-refractivity contribution in [1.82, 2.24) is 4.98 Å². The summed E-state index contributed by atoms with van der Waals surface area (Å²) in [4.78, 5) is 6.84. The highest BCUT2D eigenvalue weighted by atomic mass is 15.2. The Morgan fingerprint density at radius 2 is 1.85 bits per heavy atom. The molecule has 20 heavy (non-hydrogen) atoms. The van der Waals surface area contributed by atoms with Crippen LogP contribution in [0.5, 0.6) is 0 Å². The van der Waals surface area contributed by atoms with Crippen LogP contribution < -0.4 is 10.6 Å². The molecule has 106 valence electrons. The fraction of sp³-hybridized carbons (Fsp3) is 0.353. The Morgan fingerprint density at radius 1 is 1.10 bits per heavy atom. The summed E-state index contributed by atoms with van der Waals surface area (Å²) >= 11 is 0. The second-order valence-electron chi connectivity index (χ2n) is 5.07. The Hall–Kier alpha value is -1.87. The second kappa shape index (κ2) is 6.53. The van der Waals surface area contributed by atoms with Gasteiger partial charge < -0.3 is 10.6 Å². The normalized spacial score (nSPS) is 10.6. The van der Waals surface area contributed by atoms with Crippen molar-refractivity contribution >= 4 is 5.82 Å². The van der Waals surface area contributed by atoms with Crippen molar-refractivity contribution < 1.29 is 0 Å². The van der Waals surface area contributed by atoms with Crippen LogP contribution >= 0.6 is 0 Å². The molecule has 0 saturated carbocycles. The van der Waals surface area contributed by atoms with Gasteiger partial charge in [0.25, 0.3) is 0 Å². The number of rotatable bonds is 5. The molecule has 0 aliphatic rings.